The number of hydroxylamine groups is 3. The Kier molecular flexibility index (Phi) is 11.5. The number of likely N-dealkylation sites (tertiary alicyclic amines) is 1. The average Bonchev–Trinajstić information content (AvgIpc) is 1.87. The van der Waals surface area contributed by atoms with Crippen LogP contribution in [0.5, 0.6) is 0 Å². The van der Waals surface area contributed by atoms with Gasteiger partial charge in [0.05, 0.1) is 13.6 Å². The SMILES string of the molecule is C[N+]1([O-])CCCCC1C=O.Cl.Cl.Cl. The van der Waals surface area contributed by atoms with Crippen molar-refractivity contribution in [3.63, 3.8) is 0 Å². The molecule has 0 spiro atoms. The fourth-order valence-corrected chi connectivity index (χ4v) is 1.41. The Balaban J connectivity index is -0.000000333. The minimum absolute atomic E-state index is 0. The van der Waals surface area contributed by atoms with E-state index in [4.69, 9.17) is 0 Å². The molecule has 82 valence electrons. The van der Waals surface area contributed by atoms with Gasteiger partial charge in [-0.2, -0.15) is 0 Å². The number of piperidine rings is 1. The average molecular weight is 253 g/mol. The molecule has 0 radical (unpaired) electrons. The third-order valence-electron chi connectivity index (χ3n) is 2.21. The maximum atomic E-state index is 11.4. The van der Waals surface area contributed by atoms with Crippen LogP contribution in [-0.4, -0.2) is 30.6 Å². The van der Waals surface area contributed by atoms with Crippen LogP contribution >= 0.6 is 37.2 Å². The van der Waals surface area contributed by atoms with Crippen molar-refractivity contribution < 1.29 is 9.44 Å². The summed E-state index contributed by atoms with van der Waals surface area (Å²) in [5, 5.41) is 11.4. The second-order valence-corrected chi connectivity index (χ2v) is 3.10. The Morgan fingerprint density at radius 2 is 1.85 bits per heavy atom. The van der Waals surface area contributed by atoms with Gasteiger partial charge in [0.15, 0.2) is 6.29 Å². The maximum absolute atomic E-state index is 11.4. The van der Waals surface area contributed by atoms with E-state index < -0.39 is 0 Å². The molecule has 1 heterocycles. The van der Waals surface area contributed by atoms with E-state index >= 15 is 0 Å². The summed E-state index contributed by atoms with van der Waals surface area (Å²) in [6.45, 7) is 0.601. The Morgan fingerprint density at radius 1 is 1.31 bits per heavy atom. The van der Waals surface area contributed by atoms with Crippen LogP contribution in [0.4, 0.5) is 0 Å². The summed E-state index contributed by atoms with van der Waals surface area (Å²) in [4.78, 5) is 10.4. The Bertz CT molecular complexity index is 144. The zero-order valence-corrected chi connectivity index (χ0v) is 9.92. The van der Waals surface area contributed by atoms with Crippen LogP contribution in [0, 0.1) is 5.21 Å². The number of nitrogens with zero attached hydrogens (tertiary/aromatic N) is 1. The van der Waals surface area contributed by atoms with Crippen molar-refractivity contribution in [2.45, 2.75) is 25.3 Å². The summed E-state index contributed by atoms with van der Waals surface area (Å²) >= 11 is 0. The molecular formula is C7H16Cl3NO2. The Labute approximate surface area is 97.3 Å². The topological polar surface area (TPSA) is 40.1 Å². The van der Waals surface area contributed by atoms with Gasteiger partial charge in [0.25, 0.3) is 0 Å². The molecule has 0 aromatic carbocycles. The van der Waals surface area contributed by atoms with E-state index in [1.807, 2.05) is 0 Å². The highest BCUT2D eigenvalue weighted by Crippen LogP contribution is 2.20. The number of rotatable bonds is 1. The monoisotopic (exact) mass is 251 g/mol. The lowest BCUT2D eigenvalue weighted by Gasteiger charge is -2.45. The molecule has 1 saturated heterocycles. The van der Waals surface area contributed by atoms with Crippen LogP contribution in [-0.2, 0) is 4.79 Å². The number of halogens is 3. The lowest BCUT2D eigenvalue weighted by atomic mass is 10.0. The first-order chi connectivity index (χ1) is 4.67. The Morgan fingerprint density at radius 3 is 2.15 bits per heavy atom. The van der Waals surface area contributed by atoms with Crippen molar-refractivity contribution in [2.75, 3.05) is 13.6 Å². The molecule has 0 N–H and O–H groups in total. The lowest BCUT2D eigenvalue weighted by molar-refractivity contribution is -0.881. The second-order valence-electron chi connectivity index (χ2n) is 3.10. The van der Waals surface area contributed by atoms with Gasteiger partial charge < -0.3 is 9.85 Å². The number of carbonyl (C=O) groups excluding carboxylic acids is 1. The van der Waals surface area contributed by atoms with E-state index in [0.29, 0.717) is 6.54 Å². The molecule has 1 fully saturated rings. The van der Waals surface area contributed by atoms with Crippen LogP contribution in [0.25, 0.3) is 0 Å². The normalized spacial score (nSPS) is 31.7. The van der Waals surface area contributed by atoms with Gasteiger partial charge in [0, 0.05) is 6.42 Å². The molecule has 2 unspecified atom stereocenters. The zero-order valence-electron chi connectivity index (χ0n) is 7.47. The molecule has 0 bridgehead atoms. The summed E-state index contributed by atoms with van der Waals surface area (Å²) in [5.41, 5.74) is 0. The lowest BCUT2D eigenvalue weighted by Crippen LogP contribution is -2.51. The van der Waals surface area contributed by atoms with Gasteiger partial charge in [-0.1, -0.05) is 0 Å². The van der Waals surface area contributed by atoms with Gasteiger partial charge in [0.2, 0.25) is 0 Å². The standard InChI is InChI=1S/C7H13NO2.3ClH/c1-8(10)5-3-2-4-7(8)6-9;;;/h6-7H,2-5H2,1H3;3*1H. The van der Waals surface area contributed by atoms with Crippen LogP contribution in [0.15, 0.2) is 0 Å². The van der Waals surface area contributed by atoms with Crippen molar-refractivity contribution >= 4 is 43.5 Å². The summed E-state index contributed by atoms with van der Waals surface area (Å²) in [5.74, 6) is 0. The van der Waals surface area contributed by atoms with E-state index in [9.17, 15) is 10.0 Å². The van der Waals surface area contributed by atoms with Crippen LogP contribution in [0.1, 0.15) is 19.3 Å². The number of hydrogen-bond donors (Lipinski definition) is 0. The molecule has 1 aliphatic rings. The highest BCUT2D eigenvalue weighted by molar-refractivity contribution is 5.86. The van der Waals surface area contributed by atoms with Crippen molar-refractivity contribution in [3.8, 4) is 0 Å². The molecule has 1 rings (SSSR count). The molecule has 13 heavy (non-hydrogen) atoms. The predicted octanol–water partition coefficient (Wildman–Crippen LogP) is 1.95. The van der Waals surface area contributed by atoms with E-state index in [0.717, 1.165) is 25.5 Å². The third-order valence-corrected chi connectivity index (χ3v) is 2.21. The first kappa shape index (κ1) is 19.1. The van der Waals surface area contributed by atoms with E-state index in [2.05, 4.69) is 0 Å². The largest absolute Gasteiger partial charge is 0.632 e. The molecule has 0 aliphatic carbocycles. The summed E-state index contributed by atoms with van der Waals surface area (Å²) in [7, 11) is 1.58. The van der Waals surface area contributed by atoms with Gasteiger partial charge in [-0.3, -0.25) is 4.79 Å². The van der Waals surface area contributed by atoms with Gasteiger partial charge in [0.1, 0.15) is 6.04 Å². The van der Waals surface area contributed by atoms with E-state index in [1.165, 1.54) is 0 Å². The molecule has 0 amide bonds. The minimum atomic E-state index is -0.358. The molecule has 3 nitrogen and oxygen atoms in total. The van der Waals surface area contributed by atoms with Crippen molar-refractivity contribution in [3.05, 3.63) is 5.21 Å². The first-order valence-corrected chi connectivity index (χ1v) is 3.68. The number of quaternary nitrogens is 1. The fourth-order valence-electron chi connectivity index (χ4n) is 1.41. The smallest absolute Gasteiger partial charge is 0.177 e. The van der Waals surface area contributed by atoms with Crippen LogP contribution < -0.4 is 0 Å². The van der Waals surface area contributed by atoms with Crippen molar-refractivity contribution in [2.24, 2.45) is 0 Å². The van der Waals surface area contributed by atoms with E-state index in [1.54, 1.807) is 7.05 Å². The zero-order chi connectivity index (χ0) is 7.61. The van der Waals surface area contributed by atoms with Gasteiger partial charge >= 0.3 is 0 Å². The Hall–Kier alpha value is 0.460. The molecule has 0 aromatic rings. The summed E-state index contributed by atoms with van der Waals surface area (Å²) in [6, 6.07) is -0.297. The van der Waals surface area contributed by atoms with Crippen LogP contribution in [0.2, 0.25) is 0 Å². The summed E-state index contributed by atoms with van der Waals surface area (Å²) in [6.07, 6.45) is 3.56. The van der Waals surface area contributed by atoms with Crippen molar-refractivity contribution in [1.82, 2.24) is 0 Å². The molecule has 1 aliphatic heterocycles. The number of hydrogen-bond acceptors (Lipinski definition) is 2. The number of aldehydes is 1. The molecule has 0 saturated carbocycles. The van der Waals surface area contributed by atoms with Gasteiger partial charge in [-0.05, 0) is 12.8 Å². The minimum Gasteiger partial charge on any atom is -0.632 e. The first-order valence-electron chi connectivity index (χ1n) is 3.68. The van der Waals surface area contributed by atoms with Gasteiger partial charge in [-0.15, -0.1) is 37.2 Å². The fraction of sp³-hybridized carbons (Fsp3) is 0.857. The molecule has 0 aromatic heterocycles. The molecular weight excluding hydrogens is 236 g/mol. The highest BCUT2D eigenvalue weighted by Gasteiger charge is 2.27. The van der Waals surface area contributed by atoms with E-state index in [-0.39, 0.29) is 47.9 Å². The number of likely N-dealkylation sites (N-methyl/N-ethyl adjacent to an activating group) is 1. The van der Waals surface area contributed by atoms with Crippen LogP contribution in [0.3, 0.4) is 0 Å². The highest BCUT2D eigenvalue weighted by atomic mass is 35.5. The third kappa shape index (κ3) is 5.03. The number of carbonyl (C=O) groups is 1. The second kappa shape index (κ2) is 7.83. The summed E-state index contributed by atoms with van der Waals surface area (Å²) < 4.78 is -0.358. The predicted molar refractivity (Wildman–Crippen MR) is 59.9 cm³/mol. The maximum Gasteiger partial charge on any atom is 0.177 e. The van der Waals surface area contributed by atoms with Gasteiger partial charge in [-0.25, -0.2) is 0 Å². The van der Waals surface area contributed by atoms with Crippen molar-refractivity contribution in [1.29, 1.82) is 0 Å². The quantitative estimate of drug-likeness (QED) is 0.406. The molecule has 2 atom stereocenters. The molecule has 6 heteroatoms.